The first kappa shape index (κ1) is 28.5. The third-order valence-corrected chi connectivity index (χ3v) is 8.03. The Labute approximate surface area is 247 Å². The number of benzene rings is 2. The van der Waals surface area contributed by atoms with E-state index >= 15 is 0 Å². The maximum absolute atomic E-state index is 13.4. The number of alkyl halides is 2. The first-order chi connectivity index (χ1) is 20.9. The molecule has 43 heavy (non-hydrogen) atoms. The van der Waals surface area contributed by atoms with Crippen molar-refractivity contribution in [3.8, 4) is 17.0 Å². The molecule has 2 aromatic carbocycles. The molecule has 2 amide bonds. The fourth-order valence-electron chi connectivity index (χ4n) is 5.75. The van der Waals surface area contributed by atoms with Crippen molar-refractivity contribution in [2.45, 2.75) is 38.8 Å². The number of carbonyl (C=O) groups is 2. The molecule has 224 valence electrons. The van der Waals surface area contributed by atoms with E-state index in [1.54, 1.807) is 30.7 Å². The van der Waals surface area contributed by atoms with E-state index in [0.29, 0.717) is 49.6 Å². The number of hydrogen-bond acceptors (Lipinski definition) is 7. The van der Waals surface area contributed by atoms with Crippen LogP contribution in [-0.2, 0) is 4.79 Å². The van der Waals surface area contributed by atoms with Crippen molar-refractivity contribution in [1.29, 1.82) is 0 Å². The van der Waals surface area contributed by atoms with Crippen LogP contribution >= 0.6 is 0 Å². The summed E-state index contributed by atoms with van der Waals surface area (Å²) in [4.78, 5) is 38.7. The number of aromatic nitrogens is 3. The lowest BCUT2D eigenvalue weighted by Crippen LogP contribution is -2.51. The van der Waals surface area contributed by atoms with Crippen LogP contribution in [-0.4, -0.2) is 81.4 Å². The smallest absolute Gasteiger partial charge is 0.387 e. The molecular weight excluding hydrogens is 556 g/mol. The molecule has 4 aromatic rings. The van der Waals surface area contributed by atoms with Crippen LogP contribution < -0.4 is 15.4 Å². The number of ether oxygens (including phenoxy) is 1. The summed E-state index contributed by atoms with van der Waals surface area (Å²) >= 11 is 0. The molecule has 0 unspecified atom stereocenters. The predicted octanol–water partition coefficient (Wildman–Crippen LogP) is 4.48. The number of hydrogen-bond donors (Lipinski definition) is 2. The molecule has 2 aromatic heterocycles. The number of rotatable bonds is 8. The number of carbonyl (C=O) groups excluding carboxylic acids is 2. The highest BCUT2D eigenvalue weighted by atomic mass is 19.3. The fraction of sp³-hybridized carbons (Fsp3) is 0.355. The minimum absolute atomic E-state index is 0.0447. The quantitative estimate of drug-likeness (QED) is 0.313. The van der Waals surface area contributed by atoms with Crippen molar-refractivity contribution in [2.24, 2.45) is 0 Å². The molecule has 6 rings (SSSR count). The van der Waals surface area contributed by atoms with E-state index in [4.69, 9.17) is 0 Å². The summed E-state index contributed by atoms with van der Waals surface area (Å²) in [5.74, 6) is 0.720. The largest absolute Gasteiger partial charge is 0.435 e. The fourth-order valence-corrected chi connectivity index (χ4v) is 5.75. The van der Waals surface area contributed by atoms with Crippen LogP contribution in [0.5, 0.6) is 5.75 Å². The molecule has 2 fully saturated rings. The van der Waals surface area contributed by atoms with Gasteiger partial charge >= 0.3 is 6.61 Å². The van der Waals surface area contributed by atoms with Gasteiger partial charge in [0, 0.05) is 67.8 Å². The first-order valence-electron chi connectivity index (χ1n) is 14.4. The Morgan fingerprint density at radius 3 is 2.53 bits per heavy atom. The van der Waals surface area contributed by atoms with E-state index in [2.05, 4.69) is 25.3 Å². The highest BCUT2D eigenvalue weighted by Crippen LogP contribution is 2.28. The van der Waals surface area contributed by atoms with E-state index < -0.39 is 6.61 Å². The molecule has 0 spiro atoms. The lowest BCUT2D eigenvalue weighted by atomic mass is 10.1. The van der Waals surface area contributed by atoms with E-state index in [1.165, 1.54) is 12.1 Å². The van der Waals surface area contributed by atoms with Crippen molar-refractivity contribution in [3.05, 3.63) is 72.2 Å². The van der Waals surface area contributed by atoms with Crippen molar-refractivity contribution >= 4 is 29.0 Å². The van der Waals surface area contributed by atoms with Gasteiger partial charge in [0.25, 0.3) is 5.91 Å². The summed E-state index contributed by atoms with van der Waals surface area (Å²) < 4.78 is 31.3. The maximum Gasteiger partial charge on any atom is 0.387 e. The van der Waals surface area contributed by atoms with Crippen LogP contribution in [0, 0.1) is 6.92 Å². The average Bonchev–Trinajstić information content (AvgIpc) is 3.68. The molecule has 0 aliphatic carbocycles. The number of nitrogens with zero attached hydrogens (tertiary/aromatic N) is 5. The number of imidazole rings is 1. The second-order valence-electron chi connectivity index (χ2n) is 10.8. The van der Waals surface area contributed by atoms with Crippen molar-refractivity contribution < 1.29 is 23.1 Å². The van der Waals surface area contributed by atoms with Crippen molar-refractivity contribution in [2.75, 3.05) is 38.0 Å². The van der Waals surface area contributed by atoms with E-state index in [1.807, 2.05) is 39.3 Å². The Morgan fingerprint density at radius 1 is 1.07 bits per heavy atom. The van der Waals surface area contributed by atoms with Crippen LogP contribution in [0.4, 0.5) is 20.3 Å². The monoisotopic (exact) mass is 589 g/mol. The second-order valence-corrected chi connectivity index (χ2v) is 10.8. The van der Waals surface area contributed by atoms with Gasteiger partial charge in [-0.05, 0) is 74.3 Å². The van der Waals surface area contributed by atoms with Gasteiger partial charge in [-0.1, -0.05) is 0 Å². The Morgan fingerprint density at radius 2 is 1.84 bits per heavy atom. The minimum atomic E-state index is -2.88. The van der Waals surface area contributed by atoms with E-state index in [0.717, 1.165) is 41.9 Å². The van der Waals surface area contributed by atoms with Gasteiger partial charge in [-0.3, -0.25) is 14.0 Å². The Balaban J connectivity index is 1.11. The average molecular weight is 590 g/mol. The number of nitrogens with one attached hydrogen (secondary N) is 2. The van der Waals surface area contributed by atoms with Gasteiger partial charge in [-0.2, -0.15) is 8.78 Å². The number of halogens is 2. The molecule has 4 heterocycles. The van der Waals surface area contributed by atoms with Crippen molar-refractivity contribution in [3.63, 3.8) is 0 Å². The van der Waals surface area contributed by atoms with Crippen LogP contribution in [0.15, 0.2) is 61.1 Å². The number of anilines is 2. The molecule has 2 aliphatic heterocycles. The van der Waals surface area contributed by atoms with Gasteiger partial charge in [0.05, 0.1) is 11.9 Å². The number of amides is 2. The summed E-state index contributed by atoms with van der Waals surface area (Å²) in [7, 11) is 0. The number of piperazine rings is 1. The van der Waals surface area contributed by atoms with Gasteiger partial charge < -0.3 is 25.2 Å². The number of aryl methyl sites for hydroxylation is 1. The highest BCUT2D eigenvalue weighted by Gasteiger charge is 2.27. The molecule has 0 saturated carbocycles. The third-order valence-electron chi connectivity index (χ3n) is 8.03. The van der Waals surface area contributed by atoms with Gasteiger partial charge in [0.2, 0.25) is 5.91 Å². The van der Waals surface area contributed by atoms with Gasteiger partial charge in [0.15, 0.2) is 11.5 Å². The van der Waals surface area contributed by atoms with Gasteiger partial charge in [-0.15, -0.1) is 0 Å². The molecule has 1 atom stereocenters. The van der Waals surface area contributed by atoms with E-state index in [-0.39, 0.29) is 23.6 Å². The molecule has 2 saturated heterocycles. The zero-order valence-electron chi connectivity index (χ0n) is 23.8. The topological polar surface area (TPSA) is 104 Å². The molecule has 0 bridgehead atoms. The Hall–Kier alpha value is -4.58. The SMILES string of the molecule is Cc1cc(Nc2nccn3c(-c4ccc(OC(F)F)cc4)cnc23)ccc1C(=O)N1CCN(C(=O)C[C@@H]2CCCN2)CC1. The summed E-state index contributed by atoms with van der Waals surface area (Å²) in [6.07, 6.45) is 7.80. The summed E-state index contributed by atoms with van der Waals surface area (Å²) in [6, 6.07) is 12.2. The molecule has 12 heteroatoms. The van der Waals surface area contributed by atoms with Crippen LogP contribution in [0.2, 0.25) is 0 Å². The predicted molar refractivity (Wildman–Crippen MR) is 158 cm³/mol. The summed E-state index contributed by atoms with van der Waals surface area (Å²) in [6.45, 7) is 2.11. The zero-order valence-corrected chi connectivity index (χ0v) is 23.8. The van der Waals surface area contributed by atoms with Crippen LogP contribution in [0.25, 0.3) is 16.9 Å². The molecule has 10 nitrogen and oxygen atoms in total. The maximum atomic E-state index is 13.4. The first-order valence-corrected chi connectivity index (χ1v) is 14.4. The van der Waals surface area contributed by atoms with Crippen LogP contribution in [0.3, 0.4) is 0 Å². The Bertz CT molecular complexity index is 1610. The molecule has 2 N–H and O–H groups in total. The van der Waals surface area contributed by atoms with E-state index in [9.17, 15) is 18.4 Å². The third kappa shape index (κ3) is 6.29. The molecule has 2 aliphatic rings. The van der Waals surface area contributed by atoms with Crippen LogP contribution in [0.1, 0.15) is 35.2 Å². The van der Waals surface area contributed by atoms with Gasteiger partial charge in [-0.25, -0.2) is 9.97 Å². The lowest BCUT2D eigenvalue weighted by Gasteiger charge is -2.35. The zero-order chi connectivity index (χ0) is 29.9. The normalized spacial score (nSPS) is 17.1. The lowest BCUT2D eigenvalue weighted by molar-refractivity contribution is -0.133. The summed E-state index contributed by atoms with van der Waals surface area (Å²) in [5.41, 5.74) is 4.32. The van der Waals surface area contributed by atoms with Gasteiger partial charge in [0.1, 0.15) is 5.75 Å². The minimum Gasteiger partial charge on any atom is -0.435 e. The van der Waals surface area contributed by atoms with Crippen molar-refractivity contribution in [1.82, 2.24) is 29.5 Å². The summed E-state index contributed by atoms with van der Waals surface area (Å²) in [5, 5.41) is 6.68. The highest BCUT2D eigenvalue weighted by molar-refractivity contribution is 5.96. The molecular formula is C31H33F2N7O3. The number of fused-ring (bicyclic) bond motifs is 1. The molecule has 0 radical (unpaired) electrons. The second kappa shape index (κ2) is 12.3. The Kier molecular flexibility index (Phi) is 8.19. The standard InChI is InChI=1S/C31H33F2N7O3/c1-20-17-23(6-9-25(20)30(42)39-15-13-38(14-16-39)27(41)18-22-3-2-10-34-22)37-28-29-36-19-26(40(29)12-11-35-28)21-4-7-24(8-5-21)43-31(32)33/h4-9,11-12,17,19,22,31,34H,2-3,10,13-16,18H2,1H3,(H,35,37)/t22-/m0/s1.